The molecule has 0 unspecified atom stereocenters. The third-order valence-electron chi connectivity index (χ3n) is 6.18. The number of rotatable bonds is 14. The number of alkyl halides is 1. The van der Waals surface area contributed by atoms with Gasteiger partial charge in [-0.3, -0.25) is 4.79 Å². The molecule has 0 bridgehead atoms. The van der Waals surface area contributed by atoms with Crippen LogP contribution in [0.25, 0.3) is 22.5 Å². The summed E-state index contributed by atoms with van der Waals surface area (Å²) >= 11 is 3.40. The first-order valence-electron chi connectivity index (χ1n) is 12.9. The Morgan fingerprint density at radius 2 is 1.76 bits per heavy atom. The average molecular weight is 571 g/mol. The maximum atomic E-state index is 13.3. The molecule has 1 atom stereocenters. The Morgan fingerprint density at radius 1 is 1.03 bits per heavy atom. The standard InChI is InChI=1S/C28H36BrN5O3/c1-4-5-12-25(35)34(26(20(2)3)28(36)37-18-9-8-17-29)19-21-13-15-22(16-14-21)23-10-6-7-11-24(23)27-30-32-33-31-27/h6-7,10-11,13-16,20,26H,4-5,8-9,12,17-19H2,1-3H3,(H,30,31,32,33)/t26-/m1/s1. The van der Waals surface area contributed by atoms with Crippen LogP contribution in [0.5, 0.6) is 0 Å². The van der Waals surface area contributed by atoms with Gasteiger partial charge in [-0.05, 0) is 47.1 Å². The van der Waals surface area contributed by atoms with Gasteiger partial charge in [-0.25, -0.2) is 4.79 Å². The molecule has 8 nitrogen and oxygen atoms in total. The number of ether oxygens (including phenoxy) is 1. The van der Waals surface area contributed by atoms with E-state index < -0.39 is 6.04 Å². The minimum Gasteiger partial charge on any atom is -0.464 e. The lowest BCUT2D eigenvalue weighted by Crippen LogP contribution is -2.48. The number of benzene rings is 2. The molecule has 3 rings (SSSR count). The van der Waals surface area contributed by atoms with Gasteiger partial charge in [0.05, 0.1) is 6.61 Å². The van der Waals surface area contributed by atoms with Crippen molar-refractivity contribution in [3.63, 3.8) is 0 Å². The summed E-state index contributed by atoms with van der Waals surface area (Å²) < 4.78 is 5.59. The molecule has 0 spiro atoms. The van der Waals surface area contributed by atoms with E-state index in [0.29, 0.717) is 25.4 Å². The number of amides is 1. The van der Waals surface area contributed by atoms with Crippen molar-refractivity contribution >= 4 is 27.8 Å². The van der Waals surface area contributed by atoms with Crippen LogP contribution in [-0.2, 0) is 20.9 Å². The zero-order valence-electron chi connectivity index (χ0n) is 21.8. The largest absolute Gasteiger partial charge is 0.464 e. The van der Waals surface area contributed by atoms with E-state index in [1.807, 2.05) is 62.4 Å². The number of nitrogens with zero attached hydrogens (tertiary/aromatic N) is 4. The topological polar surface area (TPSA) is 101 Å². The number of aromatic nitrogens is 4. The van der Waals surface area contributed by atoms with Gasteiger partial charge in [-0.15, -0.1) is 10.2 Å². The second kappa shape index (κ2) is 14.6. The van der Waals surface area contributed by atoms with E-state index in [1.54, 1.807) is 4.90 Å². The molecule has 1 aromatic heterocycles. The van der Waals surface area contributed by atoms with E-state index >= 15 is 0 Å². The molecule has 0 aliphatic carbocycles. The fourth-order valence-corrected chi connectivity index (χ4v) is 4.62. The van der Waals surface area contributed by atoms with Gasteiger partial charge in [0.1, 0.15) is 6.04 Å². The Labute approximate surface area is 227 Å². The van der Waals surface area contributed by atoms with Crippen LogP contribution in [-0.4, -0.2) is 55.4 Å². The molecule has 9 heteroatoms. The minimum absolute atomic E-state index is 0.0236. The quantitative estimate of drug-likeness (QED) is 0.150. The molecule has 0 aliphatic heterocycles. The third-order valence-corrected chi connectivity index (χ3v) is 6.74. The Hall–Kier alpha value is -3.07. The highest BCUT2D eigenvalue weighted by Crippen LogP contribution is 2.30. The summed E-state index contributed by atoms with van der Waals surface area (Å²) in [5.74, 6) is 0.0988. The minimum atomic E-state index is -0.632. The van der Waals surface area contributed by atoms with Crippen molar-refractivity contribution < 1.29 is 14.3 Å². The van der Waals surface area contributed by atoms with Crippen LogP contribution in [0.1, 0.15) is 58.4 Å². The van der Waals surface area contributed by atoms with Crippen LogP contribution in [0.15, 0.2) is 48.5 Å². The predicted molar refractivity (Wildman–Crippen MR) is 148 cm³/mol. The van der Waals surface area contributed by atoms with E-state index in [4.69, 9.17) is 4.74 Å². The van der Waals surface area contributed by atoms with Crippen LogP contribution in [0.2, 0.25) is 0 Å². The lowest BCUT2D eigenvalue weighted by atomic mass is 9.97. The lowest BCUT2D eigenvalue weighted by Gasteiger charge is -2.33. The van der Waals surface area contributed by atoms with E-state index in [9.17, 15) is 9.59 Å². The third kappa shape index (κ3) is 7.95. The van der Waals surface area contributed by atoms with Crippen LogP contribution >= 0.6 is 15.9 Å². The second-order valence-electron chi connectivity index (χ2n) is 9.36. The molecule has 0 aliphatic rings. The zero-order chi connectivity index (χ0) is 26.6. The number of hydrogen-bond acceptors (Lipinski definition) is 6. The first-order chi connectivity index (χ1) is 18.0. The Kier molecular flexibility index (Phi) is 11.3. The summed E-state index contributed by atoms with van der Waals surface area (Å²) in [5.41, 5.74) is 3.81. The van der Waals surface area contributed by atoms with Gasteiger partial charge in [-0.2, -0.15) is 5.21 Å². The van der Waals surface area contributed by atoms with Crippen LogP contribution in [0.4, 0.5) is 0 Å². The Bertz CT molecular complexity index is 1120. The Morgan fingerprint density at radius 3 is 2.38 bits per heavy atom. The van der Waals surface area contributed by atoms with Gasteiger partial charge in [-0.1, -0.05) is 91.7 Å². The van der Waals surface area contributed by atoms with Gasteiger partial charge in [0.25, 0.3) is 0 Å². The normalized spacial score (nSPS) is 11.9. The molecule has 0 saturated heterocycles. The van der Waals surface area contributed by atoms with E-state index in [-0.39, 0.29) is 17.8 Å². The lowest BCUT2D eigenvalue weighted by molar-refractivity contribution is -0.158. The van der Waals surface area contributed by atoms with Crippen LogP contribution in [0.3, 0.4) is 0 Å². The van der Waals surface area contributed by atoms with Gasteiger partial charge in [0.2, 0.25) is 11.7 Å². The zero-order valence-corrected chi connectivity index (χ0v) is 23.4. The summed E-state index contributed by atoms with van der Waals surface area (Å²) in [6.07, 6.45) is 3.83. The van der Waals surface area contributed by atoms with Crippen molar-refractivity contribution in [3.05, 3.63) is 54.1 Å². The molecule has 37 heavy (non-hydrogen) atoms. The molecule has 1 heterocycles. The number of hydrogen-bond donors (Lipinski definition) is 1. The monoisotopic (exact) mass is 569 g/mol. The molecule has 3 aromatic rings. The smallest absolute Gasteiger partial charge is 0.329 e. The van der Waals surface area contributed by atoms with Crippen molar-refractivity contribution in [2.75, 3.05) is 11.9 Å². The van der Waals surface area contributed by atoms with E-state index in [0.717, 1.165) is 53.3 Å². The Balaban J connectivity index is 1.83. The molecule has 1 amide bonds. The SMILES string of the molecule is CCCCC(=O)N(Cc1ccc(-c2ccccc2-c2nn[nH]n2)cc1)[C@@H](C(=O)OCCCCBr)C(C)C. The van der Waals surface area contributed by atoms with Gasteiger partial charge >= 0.3 is 5.97 Å². The second-order valence-corrected chi connectivity index (χ2v) is 10.1. The van der Waals surface area contributed by atoms with Crippen molar-refractivity contribution in [3.8, 4) is 22.5 Å². The number of halogens is 1. The van der Waals surface area contributed by atoms with E-state index in [2.05, 4.69) is 43.5 Å². The highest BCUT2D eigenvalue weighted by Gasteiger charge is 2.33. The fraction of sp³-hybridized carbons (Fsp3) is 0.464. The van der Waals surface area contributed by atoms with Crippen molar-refractivity contribution in [2.24, 2.45) is 5.92 Å². The molecule has 1 N–H and O–H groups in total. The number of nitrogens with one attached hydrogen (secondary N) is 1. The summed E-state index contributed by atoms with van der Waals surface area (Å²) in [6, 6.07) is 15.3. The number of tetrazole rings is 1. The van der Waals surface area contributed by atoms with Crippen molar-refractivity contribution in [1.82, 2.24) is 25.5 Å². The molecular formula is C28H36BrN5O3. The van der Waals surface area contributed by atoms with Crippen molar-refractivity contribution in [1.29, 1.82) is 0 Å². The number of H-pyrrole nitrogens is 1. The average Bonchev–Trinajstić information content (AvgIpc) is 3.44. The highest BCUT2D eigenvalue weighted by molar-refractivity contribution is 9.09. The molecule has 0 radical (unpaired) electrons. The molecule has 0 fully saturated rings. The molecular weight excluding hydrogens is 534 g/mol. The first kappa shape index (κ1) is 28.5. The van der Waals surface area contributed by atoms with Crippen molar-refractivity contribution in [2.45, 2.75) is 65.5 Å². The number of carbonyl (C=O) groups is 2. The summed E-state index contributed by atoms with van der Waals surface area (Å²) in [4.78, 5) is 28.1. The predicted octanol–water partition coefficient (Wildman–Crippen LogP) is 5.80. The van der Waals surface area contributed by atoms with Gasteiger partial charge in [0, 0.05) is 23.9 Å². The number of carbonyl (C=O) groups excluding carboxylic acids is 2. The summed E-state index contributed by atoms with van der Waals surface area (Å²) in [5, 5.41) is 15.3. The van der Waals surface area contributed by atoms with Crippen LogP contribution in [0, 0.1) is 5.92 Å². The molecule has 2 aromatic carbocycles. The first-order valence-corrected chi connectivity index (χ1v) is 14.0. The number of aromatic amines is 1. The van der Waals surface area contributed by atoms with Gasteiger partial charge in [0.15, 0.2) is 0 Å². The number of esters is 1. The highest BCUT2D eigenvalue weighted by atomic mass is 79.9. The number of unbranched alkanes of at least 4 members (excludes halogenated alkanes) is 2. The summed E-state index contributed by atoms with van der Waals surface area (Å²) in [7, 11) is 0. The molecule has 198 valence electrons. The maximum Gasteiger partial charge on any atom is 0.329 e. The van der Waals surface area contributed by atoms with Crippen LogP contribution < -0.4 is 0 Å². The maximum absolute atomic E-state index is 13.3. The van der Waals surface area contributed by atoms with Gasteiger partial charge < -0.3 is 9.64 Å². The van der Waals surface area contributed by atoms with E-state index in [1.165, 1.54) is 0 Å². The fourth-order valence-electron chi connectivity index (χ4n) is 4.22. The molecule has 0 saturated carbocycles. The summed E-state index contributed by atoms with van der Waals surface area (Å²) in [6.45, 7) is 6.68.